The monoisotopic (exact) mass is 470 g/mol. The van der Waals surface area contributed by atoms with Crippen LogP contribution in [-0.2, 0) is 9.59 Å². The molecule has 1 atom stereocenters. The first-order chi connectivity index (χ1) is 16.0. The maximum atomic E-state index is 13.4. The molecule has 0 bridgehead atoms. The lowest BCUT2D eigenvalue weighted by molar-refractivity contribution is -0.124. The summed E-state index contributed by atoms with van der Waals surface area (Å²) in [4.78, 5) is 28.7. The Morgan fingerprint density at radius 3 is 2.36 bits per heavy atom. The summed E-state index contributed by atoms with van der Waals surface area (Å²) >= 11 is 1.60. The van der Waals surface area contributed by atoms with Gasteiger partial charge in [0, 0.05) is 22.6 Å². The zero-order valence-electron chi connectivity index (χ0n) is 19.3. The summed E-state index contributed by atoms with van der Waals surface area (Å²) in [7, 11) is 4.72. The van der Waals surface area contributed by atoms with Gasteiger partial charge in [0.15, 0.2) is 11.5 Å². The van der Waals surface area contributed by atoms with Crippen LogP contribution in [0.15, 0.2) is 41.3 Å². The van der Waals surface area contributed by atoms with Crippen molar-refractivity contribution in [3.63, 3.8) is 0 Å². The fourth-order valence-electron chi connectivity index (χ4n) is 4.51. The highest BCUT2D eigenvalue weighted by molar-refractivity contribution is 7.99. The molecular formula is C25H30N2O5S. The SMILES string of the molecule is COc1cc(C2CC(=O)N(CC(=O)NC3CCCC3)c3ccccc3S2)cc(OC)c1OC. The number of benzene rings is 2. The number of hydrogen-bond donors (Lipinski definition) is 1. The van der Waals surface area contributed by atoms with E-state index in [1.807, 2.05) is 36.4 Å². The van der Waals surface area contributed by atoms with E-state index in [1.54, 1.807) is 38.0 Å². The molecular weight excluding hydrogens is 440 g/mol. The quantitative estimate of drug-likeness (QED) is 0.649. The van der Waals surface area contributed by atoms with Crippen LogP contribution >= 0.6 is 11.8 Å². The molecule has 4 rings (SSSR count). The highest BCUT2D eigenvalue weighted by Crippen LogP contribution is 2.49. The smallest absolute Gasteiger partial charge is 0.240 e. The van der Waals surface area contributed by atoms with Crippen molar-refractivity contribution >= 4 is 29.3 Å². The number of amides is 2. The Bertz CT molecular complexity index is 997. The summed E-state index contributed by atoms with van der Waals surface area (Å²) in [6, 6.07) is 11.7. The molecule has 33 heavy (non-hydrogen) atoms. The van der Waals surface area contributed by atoms with Gasteiger partial charge in [-0.15, -0.1) is 11.8 Å². The average molecular weight is 471 g/mol. The molecule has 7 nitrogen and oxygen atoms in total. The van der Waals surface area contributed by atoms with Crippen LogP contribution in [0.4, 0.5) is 5.69 Å². The summed E-state index contributed by atoms with van der Waals surface area (Å²) in [6.45, 7) is 0.0227. The predicted molar refractivity (Wildman–Crippen MR) is 129 cm³/mol. The second-order valence-electron chi connectivity index (χ2n) is 8.27. The lowest BCUT2D eigenvalue weighted by Crippen LogP contribution is -2.43. The molecule has 176 valence electrons. The standard InChI is InChI=1S/C25H30N2O5S/c1-30-19-12-16(13-20(31-2)25(19)32-3)22-14-24(29)27(18-10-6-7-11-21(18)33-22)15-23(28)26-17-8-4-5-9-17/h6-7,10-13,17,22H,4-5,8-9,14-15H2,1-3H3,(H,26,28). The zero-order valence-corrected chi connectivity index (χ0v) is 20.1. The normalized spacial score (nSPS) is 18.5. The predicted octanol–water partition coefficient (Wildman–Crippen LogP) is 4.34. The summed E-state index contributed by atoms with van der Waals surface area (Å²) in [5.74, 6) is 1.41. The molecule has 1 heterocycles. The highest BCUT2D eigenvalue weighted by atomic mass is 32.2. The van der Waals surface area contributed by atoms with Gasteiger partial charge < -0.3 is 24.4 Å². The van der Waals surface area contributed by atoms with Crippen LogP contribution in [-0.4, -0.2) is 45.7 Å². The van der Waals surface area contributed by atoms with Crippen LogP contribution in [0, 0.1) is 0 Å². The van der Waals surface area contributed by atoms with Crippen LogP contribution in [0.1, 0.15) is 42.9 Å². The second-order valence-corrected chi connectivity index (χ2v) is 9.51. The number of nitrogens with one attached hydrogen (secondary N) is 1. The Morgan fingerprint density at radius 2 is 1.73 bits per heavy atom. The molecule has 2 aromatic rings. The minimum Gasteiger partial charge on any atom is -0.493 e. The number of carbonyl (C=O) groups excluding carboxylic acids is 2. The molecule has 1 fully saturated rings. The van der Waals surface area contributed by atoms with Gasteiger partial charge in [-0.2, -0.15) is 0 Å². The third-order valence-electron chi connectivity index (χ3n) is 6.17. The maximum absolute atomic E-state index is 13.4. The number of nitrogens with zero attached hydrogens (tertiary/aromatic N) is 1. The summed E-state index contributed by atoms with van der Waals surface area (Å²) in [5.41, 5.74) is 1.67. The largest absolute Gasteiger partial charge is 0.493 e. The third kappa shape index (κ3) is 5.05. The fraction of sp³-hybridized carbons (Fsp3) is 0.440. The molecule has 1 aliphatic carbocycles. The molecule has 1 aliphatic heterocycles. The van der Waals surface area contributed by atoms with E-state index >= 15 is 0 Å². The molecule has 0 spiro atoms. The third-order valence-corrected chi connectivity index (χ3v) is 7.49. The highest BCUT2D eigenvalue weighted by Gasteiger charge is 2.32. The molecule has 1 unspecified atom stereocenters. The molecule has 1 N–H and O–H groups in total. The Labute approximate surface area is 198 Å². The Balaban J connectivity index is 1.63. The summed E-state index contributed by atoms with van der Waals surface area (Å²) < 4.78 is 16.5. The number of para-hydroxylation sites is 1. The van der Waals surface area contributed by atoms with Crippen LogP contribution < -0.4 is 24.4 Å². The molecule has 0 aromatic heterocycles. The van der Waals surface area contributed by atoms with Gasteiger partial charge in [-0.1, -0.05) is 25.0 Å². The van der Waals surface area contributed by atoms with Crippen molar-refractivity contribution in [2.75, 3.05) is 32.8 Å². The van der Waals surface area contributed by atoms with Crippen molar-refractivity contribution in [1.82, 2.24) is 5.32 Å². The lowest BCUT2D eigenvalue weighted by atomic mass is 10.1. The van der Waals surface area contributed by atoms with E-state index in [9.17, 15) is 9.59 Å². The van der Waals surface area contributed by atoms with Crippen molar-refractivity contribution in [2.24, 2.45) is 0 Å². The Kier molecular flexibility index (Phi) is 7.33. The van der Waals surface area contributed by atoms with Crippen molar-refractivity contribution in [2.45, 2.75) is 48.3 Å². The molecule has 0 saturated heterocycles. The number of methoxy groups -OCH3 is 3. The molecule has 8 heteroatoms. The van der Waals surface area contributed by atoms with Gasteiger partial charge in [-0.05, 0) is 42.7 Å². The Morgan fingerprint density at radius 1 is 1.06 bits per heavy atom. The van der Waals surface area contributed by atoms with Gasteiger partial charge in [-0.25, -0.2) is 0 Å². The molecule has 2 aliphatic rings. The van der Waals surface area contributed by atoms with Crippen LogP contribution in [0.25, 0.3) is 0 Å². The van der Waals surface area contributed by atoms with Crippen molar-refractivity contribution in [3.8, 4) is 17.2 Å². The van der Waals surface area contributed by atoms with Gasteiger partial charge in [0.25, 0.3) is 0 Å². The van der Waals surface area contributed by atoms with E-state index < -0.39 is 0 Å². The van der Waals surface area contributed by atoms with Crippen LogP contribution in [0.2, 0.25) is 0 Å². The average Bonchev–Trinajstić information content (AvgIpc) is 3.29. The molecule has 0 radical (unpaired) electrons. The first kappa shape index (κ1) is 23.3. The summed E-state index contributed by atoms with van der Waals surface area (Å²) in [6.07, 6.45) is 4.55. The Hall–Kier alpha value is -2.87. The summed E-state index contributed by atoms with van der Waals surface area (Å²) in [5, 5.41) is 2.93. The van der Waals surface area contributed by atoms with E-state index in [-0.39, 0.29) is 36.1 Å². The van der Waals surface area contributed by atoms with E-state index in [0.29, 0.717) is 17.2 Å². The molecule has 2 amide bonds. The minimum absolute atomic E-state index is 0.0227. The van der Waals surface area contributed by atoms with Crippen LogP contribution in [0.3, 0.4) is 0 Å². The topological polar surface area (TPSA) is 77.1 Å². The minimum atomic E-state index is -0.171. The van der Waals surface area contributed by atoms with Gasteiger partial charge in [0.1, 0.15) is 6.54 Å². The van der Waals surface area contributed by atoms with Gasteiger partial charge >= 0.3 is 0 Å². The molecule has 2 aromatic carbocycles. The van der Waals surface area contributed by atoms with Crippen LogP contribution in [0.5, 0.6) is 17.2 Å². The first-order valence-electron chi connectivity index (χ1n) is 11.2. The van der Waals surface area contributed by atoms with E-state index in [4.69, 9.17) is 14.2 Å². The number of ether oxygens (including phenoxy) is 3. The first-order valence-corrected chi connectivity index (χ1v) is 12.1. The number of thioether (sulfide) groups is 1. The number of rotatable bonds is 7. The zero-order chi connectivity index (χ0) is 23.4. The van der Waals surface area contributed by atoms with Gasteiger partial charge in [0.05, 0.1) is 27.0 Å². The van der Waals surface area contributed by atoms with E-state index in [0.717, 1.165) is 41.8 Å². The maximum Gasteiger partial charge on any atom is 0.240 e. The molecule has 1 saturated carbocycles. The van der Waals surface area contributed by atoms with Gasteiger partial charge in [0.2, 0.25) is 17.6 Å². The number of anilines is 1. The second kappa shape index (κ2) is 10.4. The lowest BCUT2D eigenvalue weighted by Gasteiger charge is -2.23. The number of hydrogen-bond acceptors (Lipinski definition) is 6. The number of fused-ring (bicyclic) bond motifs is 1. The van der Waals surface area contributed by atoms with Crippen molar-refractivity contribution in [1.29, 1.82) is 0 Å². The fourth-order valence-corrected chi connectivity index (χ4v) is 5.77. The van der Waals surface area contributed by atoms with Crippen molar-refractivity contribution in [3.05, 3.63) is 42.0 Å². The van der Waals surface area contributed by atoms with E-state index in [2.05, 4.69) is 5.32 Å². The van der Waals surface area contributed by atoms with E-state index in [1.165, 1.54) is 0 Å². The van der Waals surface area contributed by atoms with Crippen molar-refractivity contribution < 1.29 is 23.8 Å². The van der Waals surface area contributed by atoms with Gasteiger partial charge in [-0.3, -0.25) is 9.59 Å². The number of carbonyl (C=O) groups is 2.